The maximum Gasteiger partial charge on any atom is 0.224 e. The van der Waals surface area contributed by atoms with E-state index in [1.54, 1.807) is 0 Å². The zero-order valence-corrected chi connectivity index (χ0v) is 10.4. The average Bonchev–Trinajstić information content (AvgIpc) is 2.13. The van der Waals surface area contributed by atoms with Gasteiger partial charge in [0.15, 0.2) is 0 Å². The third kappa shape index (κ3) is 2.57. The molecule has 2 aliphatic rings. The number of rotatable bonds is 5. The van der Waals surface area contributed by atoms with Crippen LogP contribution < -0.4 is 5.73 Å². The number of carbonyl (C=O) groups excluding carboxylic acids is 1. The van der Waals surface area contributed by atoms with Crippen molar-refractivity contribution in [2.75, 3.05) is 13.1 Å². The van der Waals surface area contributed by atoms with Gasteiger partial charge in [0, 0.05) is 25.0 Å². The van der Waals surface area contributed by atoms with Gasteiger partial charge in [-0.25, -0.2) is 0 Å². The lowest BCUT2D eigenvalue weighted by molar-refractivity contribution is -0.134. The van der Waals surface area contributed by atoms with Gasteiger partial charge in [0.25, 0.3) is 0 Å². The monoisotopic (exact) mass is 224 g/mol. The zero-order chi connectivity index (χ0) is 11.6. The van der Waals surface area contributed by atoms with Crippen molar-refractivity contribution in [1.82, 2.24) is 4.90 Å². The summed E-state index contributed by atoms with van der Waals surface area (Å²) in [4.78, 5) is 14.1. The molecule has 2 fully saturated rings. The minimum atomic E-state index is -0.163. The van der Waals surface area contributed by atoms with Crippen LogP contribution in [0.25, 0.3) is 0 Å². The number of hydrogen-bond acceptors (Lipinski definition) is 2. The Labute approximate surface area is 98.4 Å². The van der Waals surface area contributed by atoms with Gasteiger partial charge in [-0.2, -0.15) is 0 Å². The van der Waals surface area contributed by atoms with Gasteiger partial charge in [0.1, 0.15) is 0 Å². The SMILES string of the molecule is CCN(CC1CCC1)C(=O)CC1(N)CCC1. The molecule has 2 saturated carbocycles. The molecule has 0 aromatic heterocycles. The molecule has 2 aliphatic carbocycles. The minimum absolute atomic E-state index is 0.163. The second-order valence-corrected chi connectivity index (χ2v) is 5.62. The van der Waals surface area contributed by atoms with E-state index in [0.717, 1.165) is 31.8 Å². The lowest BCUT2D eigenvalue weighted by atomic mass is 9.75. The minimum Gasteiger partial charge on any atom is -0.343 e. The number of amides is 1. The molecule has 0 heterocycles. The highest BCUT2D eigenvalue weighted by molar-refractivity contribution is 5.77. The number of nitrogens with zero attached hydrogens (tertiary/aromatic N) is 1. The molecule has 16 heavy (non-hydrogen) atoms. The van der Waals surface area contributed by atoms with Crippen molar-refractivity contribution in [3.05, 3.63) is 0 Å². The maximum atomic E-state index is 12.1. The van der Waals surface area contributed by atoms with E-state index in [1.807, 2.05) is 4.90 Å². The molecule has 0 unspecified atom stereocenters. The Hall–Kier alpha value is -0.570. The van der Waals surface area contributed by atoms with Crippen LogP contribution in [0.4, 0.5) is 0 Å². The summed E-state index contributed by atoms with van der Waals surface area (Å²) in [5, 5.41) is 0. The van der Waals surface area contributed by atoms with Crippen molar-refractivity contribution in [3.63, 3.8) is 0 Å². The first kappa shape index (κ1) is 11.9. The smallest absolute Gasteiger partial charge is 0.224 e. The second-order valence-electron chi connectivity index (χ2n) is 5.62. The fourth-order valence-corrected chi connectivity index (χ4v) is 2.61. The van der Waals surface area contributed by atoms with E-state index in [-0.39, 0.29) is 11.4 Å². The van der Waals surface area contributed by atoms with E-state index in [2.05, 4.69) is 6.92 Å². The first-order valence-corrected chi connectivity index (χ1v) is 6.69. The van der Waals surface area contributed by atoms with Gasteiger partial charge in [-0.05, 0) is 44.9 Å². The van der Waals surface area contributed by atoms with Crippen molar-refractivity contribution in [2.24, 2.45) is 11.7 Å². The van der Waals surface area contributed by atoms with E-state index in [9.17, 15) is 4.79 Å². The molecule has 92 valence electrons. The van der Waals surface area contributed by atoms with Crippen LogP contribution in [0.15, 0.2) is 0 Å². The summed E-state index contributed by atoms with van der Waals surface area (Å²) in [6, 6.07) is 0. The third-order valence-electron chi connectivity index (χ3n) is 4.29. The Morgan fingerprint density at radius 2 is 2.06 bits per heavy atom. The normalized spacial score (nSPS) is 23.4. The summed E-state index contributed by atoms with van der Waals surface area (Å²) in [6.07, 6.45) is 7.76. The van der Waals surface area contributed by atoms with E-state index in [4.69, 9.17) is 5.73 Å². The lowest BCUT2D eigenvalue weighted by Crippen LogP contribution is -2.51. The molecule has 2 rings (SSSR count). The van der Waals surface area contributed by atoms with E-state index in [0.29, 0.717) is 6.42 Å². The fourth-order valence-electron chi connectivity index (χ4n) is 2.61. The lowest BCUT2D eigenvalue weighted by Gasteiger charge is -2.40. The summed E-state index contributed by atoms with van der Waals surface area (Å²) in [5.74, 6) is 1.04. The molecule has 0 saturated heterocycles. The number of nitrogens with two attached hydrogens (primary N) is 1. The van der Waals surface area contributed by atoms with Gasteiger partial charge in [0.2, 0.25) is 5.91 Å². The Balaban J connectivity index is 1.80. The van der Waals surface area contributed by atoms with Crippen LogP contribution in [0.3, 0.4) is 0 Å². The summed E-state index contributed by atoms with van der Waals surface area (Å²) in [7, 11) is 0. The molecule has 3 heteroatoms. The van der Waals surface area contributed by atoms with Crippen molar-refractivity contribution in [2.45, 2.75) is 57.4 Å². The maximum absolute atomic E-state index is 12.1. The third-order valence-corrected chi connectivity index (χ3v) is 4.29. The zero-order valence-electron chi connectivity index (χ0n) is 10.4. The summed E-state index contributed by atoms with van der Waals surface area (Å²) in [6.45, 7) is 3.87. The van der Waals surface area contributed by atoms with E-state index in [1.165, 1.54) is 25.7 Å². The Morgan fingerprint density at radius 1 is 1.38 bits per heavy atom. The molecular weight excluding hydrogens is 200 g/mol. The van der Waals surface area contributed by atoms with Gasteiger partial charge >= 0.3 is 0 Å². The van der Waals surface area contributed by atoms with Gasteiger partial charge < -0.3 is 10.6 Å². The highest BCUT2D eigenvalue weighted by atomic mass is 16.2. The summed E-state index contributed by atoms with van der Waals surface area (Å²) in [5.41, 5.74) is 5.96. The quantitative estimate of drug-likeness (QED) is 0.775. The van der Waals surface area contributed by atoms with E-state index < -0.39 is 0 Å². The van der Waals surface area contributed by atoms with Gasteiger partial charge in [-0.1, -0.05) is 6.42 Å². The van der Waals surface area contributed by atoms with Crippen molar-refractivity contribution >= 4 is 5.91 Å². The molecule has 0 atom stereocenters. The molecular formula is C13H24N2O. The molecule has 0 aromatic rings. The van der Waals surface area contributed by atoms with Gasteiger partial charge in [-0.3, -0.25) is 4.79 Å². The molecule has 3 nitrogen and oxygen atoms in total. The molecule has 0 bridgehead atoms. The van der Waals surface area contributed by atoms with Crippen LogP contribution in [0, 0.1) is 5.92 Å². The van der Waals surface area contributed by atoms with E-state index >= 15 is 0 Å². The highest BCUT2D eigenvalue weighted by Crippen LogP contribution is 2.33. The summed E-state index contributed by atoms with van der Waals surface area (Å²) >= 11 is 0. The van der Waals surface area contributed by atoms with Crippen LogP contribution in [-0.4, -0.2) is 29.4 Å². The topological polar surface area (TPSA) is 46.3 Å². The van der Waals surface area contributed by atoms with Crippen LogP contribution in [0.2, 0.25) is 0 Å². The molecule has 0 aromatic carbocycles. The predicted octanol–water partition coefficient (Wildman–Crippen LogP) is 1.91. The second kappa shape index (κ2) is 4.74. The number of carbonyl (C=O) groups is 1. The predicted molar refractivity (Wildman–Crippen MR) is 65.0 cm³/mol. The first-order chi connectivity index (χ1) is 7.63. The molecule has 0 spiro atoms. The van der Waals surface area contributed by atoms with Gasteiger partial charge in [-0.15, -0.1) is 0 Å². The van der Waals surface area contributed by atoms with Crippen LogP contribution in [-0.2, 0) is 4.79 Å². The molecule has 1 amide bonds. The first-order valence-electron chi connectivity index (χ1n) is 6.69. The molecule has 0 radical (unpaired) electrons. The summed E-state index contributed by atoms with van der Waals surface area (Å²) < 4.78 is 0. The van der Waals surface area contributed by atoms with Crippen LogP contribution in [0.5, 0.6) is 0 Å². The average molecular weight is 224 g/mol. The van der Waals surface area contributed by atoms with Gasteiger partial charge in [0.05, 0.1) is 0 Å². The molecule has 0 aliphatic heterocycles. The number of hydrogen-bond donors (Lipinski definition) is 1. The molecule has 2 N–H and O–H groups in total. The Morgan fingerprint density at radius 3 is 2.44 bits per heavy atom. The Bertz CT molecular complexity index is 257. The van der Waals surface area contributed by atoms with Crippen molar-refractivity contribution < 1.29 is 4.79 Å². The highest BCUT2D eigenvalue weighted by Gasteiger charge is 2.36. The Kier molecular flexibility index (Phi) is 3.53. The van der Waals surface area contributed by atoms with Crippen molar-refractivity contribution in [1.29, 1.82) is 0 Å². The van der Waals surface area contributed by atoms with Crippen LogP contribution in [0.1, 0.15) is 51.9 Å². The van der Waals surface area contributed by atoms with Crippen LogP contribution >= 0.6 is 0 Å². The van der Waals surface area contributed by atoms with Crippen molar-refractivity contribution in [3.8, 4) is 0 Å². The largest absolute Gasteiger partial charge is 0.343 e. The standard InChI is InChI=1S/C13H24N2O/c1-2-15(10-11-5-3-6-11)12(16)9-13(14)7-4-8-13/h11H,2-10,14H2,1H3. The fraction of sp³-hybridized carbons (Fsp3) is 0.923.